The van der Waals surface area contributed by atoms with Gasteiger partial charge in [0, 0.05) is 26.9 Å². The second-order valence-corrected chi connectivity index (χ2v) is 6.88. The monoisotopic (exact) mass is 353 g/mol. The zero-order valence-corrected chi connectivity index (χ0v) is 13.9. The lowest BCUT2D eigenvalue weighted by Crippen LogP contribution is -2.22. The topological polar surface area (TPSA) is 12.0 Å². The summed E-state index contributed by atoms with van der Waals surface area (Å²) in [5, 5.41) is 3.42. The fourth-order valence-electron chi connectivity index (χ4n) is 1.76. The van der Waals surface area contributed by atoms with Crippen molar-refractivity contribution in [2.24, 2.45) is 0 Å². The van der Waals surface area contributed by atoms with Crippen molar-refractivity contribution in [3.63, 3.8) is 0 Å². The van der Waals surface area contributed by atoms with Gasteiger partial charge in [0.2, 0.25) is 0 Å². The molecule has 0 spiro atoms. The molecule has 0 bridgehead atoms. The van der Waals surface area contributed by atoms with Gasteiger partial charge in [-0.1, -0.05) is 47.6 Å². The van der Waals surface area contributed by atoms with E-state index in [1.807, 2.05) is 12.1 Å². The van der Waals surface area contributed by atoms with Crippen LogP contribution in [0, 0.1) is 5.82 Å². The number of benzene rings is 2. The van der Waals surface area contributed by atoms with Gasteiger partial charge in [-0.05, 0) is 42.0 Å². The first-order valence-corrected chi connectivity index (χ1v) is 8.11. The van der Waals surface area contributed by atoms with E-state index in [0.29, 0.717) is 6.04 Å². The van der Waals surface area contributed by atoms with Crippen LogP contribution < -0.4 is 5.32 Å². The van der Waals surface area contributed by atoms with E-state index in [9.17, 15) is 4.39 Å². The van der Waals surface area contributed by atoms with E-state index < -0.39 is 0 Å². The van der Waals surface area contributed by atoms with Crippen LogP contribution >= 0.6 is 27.7 Å². The maximum atomic E-state index is 13.3. The molecule has 4 heteroatoms. The quantitative estimate of drug-likeness (QED) is 0.788. The lowest BCUT2D eigenvalue weighted by Gasteiger charge is -2.13. The summed E-state index contributed by atoms with van der Waals surface area (Å²) in [6.07, 6.45) is 0. The summed E-state index contributed by atoms with van der Waals surface area (Å²) in [4.78, 5) is 2.06. The van der Waals surface area contributed by atoms with Crippen LogP contribution in [0.25, 0.3) is 0 Å². The molecule has 0 saturated carbocycles. The van der Waals surface area contributed by atoms with Crippen molar-refractivity contribution in [1.29, 1.82) is 0 Å². The van der Waals surface area contributed by atoms with Gasteiger partial charge in [-0.25, -0.2) is 4.39 Å². The molecule has 0 heterocycles. The maximum Gasteiger partial charge on any atom is 0.124 e. The first-order chi connectivity index (χ1) is 9.54. The molecule has 2 rings (SSSR count). The minimum Gasteiger partial charge on any atom is -0.310 e. The maximum absolute atomic E-state index is 13.3. The molecular weight excluding hydrogens is 337 g/mol. The fourth-order valence-corrected chi connectivity index (χ4v) is 3.14. The van der Waals surface area contributed by atoms with Gasteiger partial charge in [0.1, 0.15) is 5.82 Å². The highest BCUT2D eigenvalue weighted by Crippen LogP contribution is 2.32. The summed E-state index contributed by atoms with van der Waals surface area (Å²) in [5.41, 5.74) is 1.21. The van der Waals surface area contributed by atoms with E-state index in [2.05, 4.69) is 47.2 Å². The van der Waals surface area contributed by atoms with Crippen LogP contribution in [0.15, 0.2) is 56.7 Å². The Bertz CT molecular complexity index is 586. The van der Waals surface area contributed by atoms with Gasteiger partial charge in [-0.15, -0.1) is 0 Å². The molecule has 0 aromatic heterocycles. The van der Waals surface area contributed by atoms with Crippen molar-refractivity contribution < 1.29 is 4.39 Å². The minimum absolute atomic E-state index is 0.200. The van der Waals surface area contributed by atoms with Crippen molar-refractivity contribution in [1.82, 2.24) is 5.32 Å². The molecule has 20 heavy (non-hydrogen) atoms. The van der Waals surface area contributed by atoms with Gasteiger partial charge < -0.3 is 5.32 Å². The largest absolute Gasteiger partial charge is 0.310 e. The summed E-state index contributed by atoms with van der Waals surface area (Å²) in [5.74, 6) is -0.200. The van der Waals surface area contributed by atoms with Crippen LogP contribution in [0.1, 0.15) is 19.4 Å². The smallest absolute Gasteiger partial charge is 0.124 e. The van der Waals surface area contributed by atoms with E-state index in [4.69, 9.17) is 0 Å². The van der Waals surface area contributed by atoms with E-state index in [1.54, 1.807) is 23.9 Å². The molecule has 0 amide bonds. The number of hydrogen-bond donors (Lipinski definition) is 1. The highest BCUT2D eigenvalue weighted by molar-refractivity contribution is 9.10. The molecule has 0 atom stereocenters. The minimum atomic E-state index is -0.200. The molecule has 0 fully saturated rings. The molecule has 0 unspecified atom stereocenters. The summed E-state index contributed by atoms with van der Waals surface area (Å²) in [7, 11) is 0. The van der Waals surface area contributed by atoms with E-state index >= 15 is 0 Å². The Kier molecular flexibility index (Phi) is 5.64. The third-order valence-corrected chi connectivity index (χ3v) is 4.35. The zero-order valence-electron chi connectivity index (χ0n) is 11.5. The van der Waals surface area contributed by atoms with Gasteiger partial charge in [0.05, 0.1) is 0 Å². The molecule has 0 aliphatic heterocycles. The molecule has 2 aromatic rings. The number of hydrogen-bond acceptors (Lipinski definition) is 2. The first kappa shape index (κ1) is 15.5. The van der Waals surface area contributed by atoms with Gasteiger partial charge in [-0.3, -0.25) is 0 Å². The Morgan fingerprint density at radius 1 is 1.20 bits per heavy atom. The van der Waals surface area contributed by atoms with E-state index in [-0.39, 0.29) is 5.82 Å². The van der Waals surface area contributed by atoms with E-state index in [0.717, 1.165) is 20.8 Å². The SMILES string of the molecule is CC(C)NCc1cc(Br)ccc1Sc1cccc(F)c1. The normalized spacial score (nSPS) is 11.1. The summed E-state index contributed by atoms with van der Waals surface area (Å²) in [6.45, 7) is 5.05. The second kappa shape index (κ2) is 7.25. The van der Waals surface area contributed by atoms with Gasteiger partial charge in [0.25, 0.3) is 0 Å². The van der Waals surface area contributed by atoms with Gasteiger partial charge in [0.15, 0.2) is 0 Å². The van der Waals surface area contributed by atoms with E-state index in [1.165, 1.54) is 11.6 Å². The van der Waals surface area contributed by atoms with Crippen molar-refractivity contribution >= 4 is 27.7 Å². The predicted molar refractivity (Wildman–Crippen MR) is 86.6 cm³/mol. The van der Waals surface area contributed by atoms with Crippen LogP contribution in [0.5, 0.6) is 0 Å². The standard InChI is InChI=1S/C16H17BrFNS/c1-11(2)19-10-12-8-13(17)6-7-16(12)20-15-5-3-4-14(18)9-15/h3-9,11,19H,10H2,1-2H3. The Labute approximate surface area is 132 Å². The second-order valence-electron chi connectivity index (χ2n) is 4.85. The fraction of sp³-hybridized carbons (Fsp3) is 0.250. The Hall–Kier alpha value is -0.840. The third-order valence-electron chi connectivity index (χ3n) is 2.75. The number of nitrogens with one attached hydrogen (secondary N) is 1. The summed E-state index contributed by atoms with van der Waals surface area (Å²) >= 11 is 5.09. The predicted octanol–water partition coefficient (Wildman–Crippen LogP) is 5.24. The van der Waals surface area contributed by atoms with Crippen LogP contribution in [0.3, 0.4) is 0 Å². The zero-order chi connectivity index (χ0) is 14.5. The van der Waals surface area contributed by atoms with Crippen LogP contribution in [0.4, 0.5) is 4.39 Å². The molecule has 0 saturated heterocycles. The van der Waals surface area contributed by atoms with Crippen LogP contribution in [-0.2, 0) is 6.54 Å². The van der Waals surface area contributed by atoms with Gasteiger partial charge >= 0.3 is 0 Å². The van der Waals surface area contributed by atoms with Crippen molar-refractivity contribution in [2.45, 2.75) is 36.2 Å². The van der Waals surface area contributed by atoms with Crippen molar-refractivity contribution in [2.75, 3.05) is 0 Å². The van der Waals surface area contributed by atoms with Crippen LogP contribution in [0.2, 0.25) is 0 Å². The third kappa shape index (κ3) is 4.62. The molecule has 0 aliphatic rings. The van der Waals surface area contributed by atoms with Crippen molar-refractivity contribution in [3.8, 4) is 0 Å². The molecule has 2 aromatic carbocycles. The van der Waals surface area contributed by atoms with Crippen LogP contribution in [-0.4, -0.2) is 6.04 Å². The highest BCUT2D eigenvalue weighted by atomic mass is 79.9. The Morgan fingerprint density at radius 3 is 2.70 bits per heavy atom. The molecule has 1 N–H and O–H groups in total. The molecule has 106 valence electrons. The molecule has 0 aliphatic carbocycles. The molecule has 1 nitrogen and oxygen atoms in total. The summed E-state index contributed by atoms with van der Waals surface area (Å²) < 4.78 is 14.3. The Balaban J connectivity index is 2.21. The summed E-state index contributed by atoms with van der Waals surface area (Å²) in [6, 6.07) is 13.3. The average Bonchev–Trinajstić information content (AvgIpc) is 2.39. The van der Waals surface area contributed by atoms with Gasteiger partial charge in [-0.2, -0.15) is 0 Å². The highest BCUT2D eigenvalue weighted by Gasteiger charge is 2.07. The number of rotatable bonds is 5. The lowest BCUT2D eigenvalue weighted by atomic mass is 10.2. The molecular formula is C16H17BrFNS. The first-order valence-electron chi connectivity index (χ1n) is 6.50. The lowest BCUT2D eigenvalue weighted by molar-refractivity contribution is 0.584. The Morgan fingerprint density at radius 2 is 2.00 bits per heavy atom. The molecule has 0 radical (unpaired) electrons. The average molecular weight is 354 g/mol. The van der Waals surface area contributed by atoms with Crippen molar-refractivity contribution in [3.05, 3.63) is 58.3 Å². The number of halogens is 2.